The third-order valence-corrected chi connectivity index (χ3v) is 6.70. The molecule has 1 aliphatic rings. The topological polar surface area (TPSA) is 37.4 Å². The van der Waals surface area contributed by atoms with Crippen LogP contribution < -0.4 is 0 Å². The number of sulfonamides is 1. The Kier molecular flexibility index (Phi) is 5.59. The van der Waals surface area contributed by atoms with Gasteiger partial charge in [0, 0.05) is 18.1 Å². The molecule has 3 rings (SSSR count). The van der Waals surface area contributed by atoms with Crippen molar-refractivity contribution in [3.05, 3.63) is 70.7 Å². The van der Waals surface area contributed by atoms with Gasteiger partial charge in [-0.1, -0.05) is 54.1 Å². The number of piperidine rings is 1. The maximum atomic E-state index is 12.6. The lowest BCUT2D eigenvalue weighted by Gasteiger charge is -2.31. The van der Waals surface area contributed by atoms with Crippen LogP contribution in [0.15, 0.2) is 54.6 Å². The van der Waals surface area contributed by atoms with Gasteiger partial charge in [0.1, 0.15) is 0 Å². The van der Waals surface area contributed by atoms with E-state index < -0.39 is 10.0 Å². The van der Waals surface area contributed by atoms with Crippen molar-refractivity contribution >= 4 is 21.6 Å². The van der Waals surface area contributed by atoms with Crippen LogP contribution in [0.5, 0.6) is 0 Å². The number of benzene rings is 2. The van der Waals surface area contributed by atoms with E-state index in [2.05, 4.69) is 24.3 Å². The second-order valence-electron chi connectivity index (χ2n) is 6.41. The molecule has 2 aromatic carbocycles. The Morgan fingerprint density at radius 2 is 1.54 bits per heavy atom. The number of nitrogens with zero attached hydrogens (tertiary/aromatic N) is 1. The highest BCUT2D eigenvalue weighted by Crippen LogP contribution is 2.24. The van der Waals surface area contributed by atoms with E-state index in [1.54, 1.807) is 28.6 Å². The quantitative estimate of drug-likeness (QED) is 0.801. The fraction of sp³-hybridized carbons (Fsp3) is 0.368. The minimum atomic E-state index is -3.26. The Bertz CT molecular complexity index is 752. The van der Waals surface area contributed by atoms with Crippen LogP contribution in [0.3, 0.4) is 0 Å². The first-order valence-corrected chi connectivity index (χ1v) is 10.3. The Morgan fingerprint density at radius 1 is 0.917 bits per heavy atom. The highest BCUT2D eigenvalue weighted by atomic mass is 35.5. The summed E-state index contributed by atoms with van der Waals surface area (Å²) in [5.74, 6) is 0.613. The van der Waals surface area contributed by atoms with Crippen molar-refractivity contribution in [3.8, 4) is 0 Å². The molecule has 3 nitrogen and oxygen atoms in total. The van der Waals surface area contributed by atoms with E-state index in [0.717, 1.165) is 24.8 Å². The number of hydrogen-bond donors (Lipinski definition) is 0. The summed E-state index contributed by atoms with van der Waals surface area (Å²) in [7, 11) is -3.26. The van der Waals surface area contributed by atoms with Gasteiger partial charge < -0.3 is 0 Å². The third-order valence-electron chi connectivity index (χ3n) is 4.60. The van der Waals surface area contributed by atoms with Gasteiger partial charge in [0.25, 0.3) is 0 Å². The van der Waals surface area contributed by atoms with Gasteiger partial charge in [0.15, 0.2) is 0 Å². The van der Waals surface area contributed by atoms with E-state index in [1.807, 2.05) is 6.07 Å². The van der Waals surface area contributed by atoms with Crippen LogP contribution in [-0.4, -0.2) is 25.8 Å². The summed E-state index contributed by atoms with van der Waals surface area (Å²) in [5, 5.41) is 0.623. The van der Waals surface area contributed by atoms with Gasteiger partial charge in [0.05, 0.1) is 5.75 Å². The summed E-state index contributed by atoms with van der Waals surface area (Å²) in [5.41, 5.74) is 2.12. The van der Waals surface area contributed by atoms with Crippen LogP contribution in [0.4, 0.5) is 0 Å². The Hall–Kier alpha value is -1.36. The maximum Gasteiger partial charge on any atom is 0.218 e. The molecule has 0 unspecified atom stereocenters. The highest BCUT2D eigenvalue weighted by Gasteiger charge is 2.28. The van der Waals surface area contributed by atoms with Crippen LogP contribution in [0.25, 0.3) is 0 Å². The number of rotatable bonds is 5. The summed E-state index contributed by atoms with van der Waals surface area (Å²) in [6.45, 7) is 1.24. The molecular weight excluding hydrogens is 342 g/mol. The molecule has 1 fully saturated rings. The fourth-order valence-electron chi connectivity index (χ4n) is 3.22. The first-order chi connectivity index (χ1) is 11.5. The molecule has 0 spiro atoms. The summed E-state index contributed by atoms with van der Waals surface area (Å²) in [6.07, 6.45) is 2.88. The predicted octanol–water partition coefficient (Wildman–Crippen LogP) is 4.12. The summed E-state index contributed by atoms with van der Waals surface area (Å²) in [4.78, 5) is 0. The first kappa shape index (κ1) is 17.5. The van der Waals surface area contributed by atoms with Crippen LogP contribution in [-0.2, 0) is 22.2 Å². The number of halogens is 1. The largest absolute Gasteiger partial charge is 0.218 e. The van der Waals surface area contributed by atoms with E-state index in [-0.39, 0.29) is 5.75 Å². The molecular formula is C19H22ClNO2S. The summed E-state index contributed by atoms with van der Waals surface area (Å²) in [6, 6.07) is 17.5. The van der Waals surface area contributed by atoms with Crippen molar-refractivity contribution < 1.29 is 8.42 Å². The minimum Gasteiger partial charge on any atom is -0.212 e. The lowest BCUT2D eigenvalue weighted by molar-refractivity contribution is 0.272. The molecule has 5 heteroatoms. The molecule has 1 heterocycles. The molecule has 0 aliphatic carbocycles. The van der Waals surface area contributed by atoms with Crippen molar-refractivity contribution in [1.29, 1.82) is 0 Å². The minimum absolute atomic E-state index is 0.0491. The van der Waals surface area contributed by atoms with Crippen molar-refractivity contribution in [2.75, 3.05) is 13.1 Å². The molecule has 0 N–H and O–H groups in total. The van der Waals surface area contributed by atoms with E-state index >= 15 is 0 Å². The highest BCUT2D eigenvalue weighted by molar-refractivity contribution is 7.88. The van der Waals surface area contributed by atoms with Gasteiger partial charge in [-0.15, -0.1) is 0 Å². The van der Waals surface area contributed by atoms with Crippen molar-refractivity contribution in [1.82, 2.24) is 4.31 Å². The second kappa shape index (κ2) is 7.68. The van der Waals surface area contributed by atoms with Crippen molar-refractivity contribution in [2.24, 2.45) is 5.92 Å². The Balaban J connectivity index is 1.56. The molecule has 1 saturated heterocycles. The SMILES string of the molecule is O=S(=O)(Cc1ccc(Cl)cc1)N1CCC(Cc2ccccc2)CC1. The van der Waals surface area contributed by atoms with Crippen LogP contribution in [0, 0.1) is 5.92 Å². The van der Waals surface area contributed by atoms with Gasteiger partial charge >= 0.3 is 0 Å². The predicted molar refractivity (Wildman–Crippen MR) is 98.5 cm³/mol. The molecule has 0 radical (unpaired) electrons. The normalized spacial score (nSPS) is 17.0. The Morgan fingerprint density at radius 3 is 2.17 bits per heavy atom. The van der Waals surface area contributed by atoms with Crippen LogP contribution in [0.1, 0.15) is 24.0 Å². The Labute approximate surface area is 149 Å². The van der Waals surface area contributed by atoms with Crippen molar-refractivity contribution in [3.63, 3.8) is 0 Å². The zero-order valence-electron chi connectivity index (χ0n) is 13.6. The van der Waals surface area contributed by atoms with E-state index in [4.69, 9.17) is 11.6 Å². The summed E-state index contributed by atoms with van der Waals surface area (Å²) >= 11 is 5.85. The molecule has 24 heavy (non-hydrogen) atoms. The zero-order valence-corrected chi connectivity index (χ0v) is 15.1. The maximum absolute atomic E-state index is 12.6. The second-order valence-corrected chi connectivity index (χ2v) is 8.82. The summed E-state index contributed by atoms with van der Waals surface area (Å²) < 4.78 is 26.8. The van der Waals surface area contributed by atoms with E-state index in [1.165, 1.54) is 5.56 Å². The van der Waals surface area contributed by atoms with Gasteiger partial charge in [-0.3, -0.25) is 0 Å². The molecule has 1 aliphatic heterocycles. The van der Waals surface area contributed by atoms with Crippen molar-refractivity contribution in [2.45, 2.75) is 25.0 Å². The molecule has 0 aromatic heterocycles. The zero-order chi connectivity index (χ0) is 17.0. The third kappa shape index (κ3) is 4.59. The van der Waals surface area contributed by atoms with Gasteiger partial charge in [0.2, 0.25) is 10.0 Å². The lowest BCUT2D eigenvalue weighted by atomic mass is 9.91. The van der Waals surface area contributed by atoms with E-state index in [0.29, 0.717) is 24.0 Å². The molecule has 0 saturated carbocycles. The standard InChI is InChI=1S/C19H22ClNO2S/c20-19-8-6-18(7-9-19)15-24(22,23)21-12-10-17(11-13-21)14-16-4-2-1-3-5-16/h1-9,17H,10-15H2. The van der Waals surface area contributed by atoms with Gasteiger partial charge in [-0.2, -0.15) is 0 Å². The smallest absolute Gasteiger partial charge is 0.212 e. The molecule has 0 bridgehead atoms. The fourth-order valence-corrected chi connectivity index (χ4v) is 4.91. The van der Waals surface area contributed by atoms with Gasteiger partial charge in [-0.05, 0) is 48.4 Å². The molecule has 2 aromatic rings. The van der Waals surface area contributed by atoms with E-state index in [9.17, 15) is 8.42 Å². The average Bonchev–Trinajstić information content (AvgIpc) is 2.58. The first-order valence-electron chi connectivity index (χ1n) is 8.29. The van der Waals surface area contributed by atoms with Gasteiger partial charge in [-0.25, -0.2) is 12.7 Å². The average molecular weight is 364 g/mol. The molecule has 0 amide bonds. The number of hydrogen-bond acceptors (Lipinski definition) is 2. The van der Waals surface area contributed by atoms with Crippen LogP contribution >= 0.6 is 11.6 Å². The van der Waals surface area contributed by atoms with Crippen LogP contribution in [0.2, 0.25) is 5.02 Å². The molecule has 0 atom stereocenters. The lowest BCUT2D eigenvalue weighted by Crippen LogP contribution is -2.39. The molecule has 128 valence electrons. The monoisotopic (exact) mass is 363 g/mol.